The molecule has 3 rings (SSSR count). The lowest BCUT2D eigenvalue weighted by Crippen LogP contribution is -2.15. The zero-order valence-electron chi connectivity index (χ0n) is 12.6. The third-order valence-corrected chi connectivity index (χ3v) is 4.13. The van der Waals surface area contributed by atoms with Gasteiger partial charge in [0.05, 0.1) is 12.2 Å². The summed E-state index contributed by atoms with van der Waals surface area (Å²) in [5, 5.41) is 20.2. The van der Waals surface area contributed by atoms with Gasteiger partial charge in [0.1, 0.15) is 11.5 Å². The first-order valence-corrected chi connectivity index (χ1v) is 7.19. The predicted octanol–water partition coefficient (Wildman–Crippen LogP) is 3.53. The fourth-order valence-electron chi connectivity index (χ4n) is 2.97. The minimum absolute atomic E-state index is 0.121. The number of ether oxygens (including phenoxy) is 1. The molecule has 3 heteroatoms. The van der Waals surface area contributed by atoms with Crippen LogP contribution in [-0.2, 0) is 12.0 Å². The second kappa shape index (κ2) is 4.78. The van der Waals surface area contributed by atoms with Gasteiger partial charge in [-0.25, -0.2) is 0 Å². The molecule has 0 saturated carbocycles. The van der Waals surface area contributed by atoms with E-state index in [-0.39, 0.29) is 5.75 Å². The summed E-state index contributed by atoms with van der Waals surface area (Å²) in [4.78, 5) is 0. The van der Waals surface area contributed by atoms with E-state index in [1.165, 1.54) is 11.1 Å². The topological polar surface area (TPSA) is 49.7 Å². The van der Waals surface area contributed by atoms with Crippen LogP contribution in [-0.4, -0.2) is 16.8 Å². The van der Waals surface area contributed by atoms with Gasteiger partial charge in [-0.05, 0) is 49.6 Å². The van der Waals surface area contributed by atoms with Crippen LogP contribution in [0.5, 0.6) is 11.5 Å². The molecule has 0 aromatic heterocycles. The highest BCUT2D eigenvalue weighted by Crippen LogP contribution is 2.38. The first-order valence-electron chi connectivity index (χ1n) is 7.19. The van der Waals surface area contributed by atoms with E-state index in [0.717, 1.165) is 29.9 Å². The zero-order chi connectivity index (χ0) is 15.2. The van der Waals surface area contributed by atoms with Gasteiger partial charge in [-0.3, -0.25) is 0 Å². The fraction of sp³-hybridized carbons (Fsp3) is 0.333. The first kappa shape index (κ1) is 14.0. The molecule has 2 N–H and O–H groups in total. The van der Waals surface area contributed by atoms with Crippen LogP contribution in [0, 0.1) is 6.92 Å². The SMILES string of the molecule is Cc1c(-c2ccc(C(C)(C)O)c(O)c2)ccc2c1CCO2. The smallest absolute Gasteiger partial charge is 0.122 e. The van der Waals surface area contributed by atoms with Gasteiger partial charge in [0.15, 0.2) is 0 Å². The molecule has 0 saturated heterocycles. The number of hydrogen-bond acceptors (Lipinski definition) is 3. The highest BCUT2D eigenvalue weighted by molar-refractivity contribution is 5.72. The summed E-state index contributed by atoms with van der Waals surface area (Å²) in [5.74, 6) is 1.09. The van der Waals surface area contributed by atoms with E-state index in [1.807, 2.05) is 18.2 Å². The molecule has 0 radical (unpaired) electrons. The molecule has 0 spiro atoms. The van der Waals surface area contributed by atoms with Crippen molar-refractivity contribution in [2.45, 2.75) is 32.8 Å². The van der Waals surface area contributed by atoms with Gasteiger partial charge < -0.3 is 14.9 Å². The lowest BCUT2D eigenvalue weighted by Gasteiger charge is -2.20. The maximum Gasteiger partial charge on any atom is 0.122 e. The van der Waals surface area contributed by atoms with Crippen LogP contribution in [0.25, 0.3) is 11.1 Å². The highest BCUT2D eigenvalue weighted by Gasteiger charge is 2.22. The lowest BCUT2D eigenvalue weighted by atomic mass is 9.91. The number of aliphatic hydroxyl groups is 1. The van der Waals surface area contributed by atoms with Gasteiger partial charge in [0.2, 0.25) is 0 Å². The number of rotatable bonds is 2. The summed E-state index contributed by atoms with van der Waals surface area (Å²) < 4.78 is 5.58. The minimum atomic E-state index is -1.05. The second-order valence-corrected chi connectivity index (χ2v) is 6.10. The summed E-state index contributed by atoms with van der Waals surface area (Å²) in [6.45, 7) is 6.16. The Bertz CT molecular complexity index is 696. The van der Waals surface area contributed by atoms with Crippen molar-refractivity contribution in [3.05, 3.63) is 47.0 Å². The maximum atomic E-state index is 10.2. The van der Waals surface area contributed by atoms with Crippen LogP contribution >= 0.6 is 0 Å². The number of benzene rings is 2. The predicted molar refractivity (Wildman–Crippen MR) is 82.7 cm³/mol. The van der Waals surface area contributed by atoms with E-state index >= 15 is 0 Å². The van der Waals surface area contributed by atoms with Crippen molar-refractivity contribution in [1.29, 1.82) is 0 Å². The number of phenols is 1. The highest BCUT2D eigenvalue weighted by atomic mass is 16.5. The Balaban J connectivity index is 2.08. The van der Waals surface area contributed by atoms with Crippen molar-refractivity contribution < 1.29 is 14.9 Å². The molecule has 21 heavy (non-hydrogen) atoms. The molecule has 2 aromatic carbocycles. The zero-order valence-corrected chi connectivity index (χ0v) is 12.6. The Morgan fingerprint density at radius 2 is 1.90 bits per heavy atom. The number of hydrogen-bond donors (Lipinski definition) is 2. The lowest BCUT2D eigenvalue weighted by molar-refractivity contribution is 0.0758. The Morgan fingerprint density at radius 1 is 1.14 bits per heavy atom. The molecule has 0 atom stereocenters. The van der Waals surface area contributed by atoms with E-state index < -0.39 is 5.60 Å². The van der Waals surface area contributed by atoms with E-state index in [2.05, 4.69) is 6.92 Å². The Morgan fingerprint density at radius 3 is 2.57 bits per heavy atom. The monoisotopic (exact) mass is 284 g/mol. The summed E-state index contributed by atoms with van der Waals surface area (Å²) >= 11 is 0. The van der Waals surface area contributed by atoms with Gasteiger partial charge in [0, 0.05) is 17.5 Å². The molecule has 110 valence electrons. The molecule has 1 aliphatic heterocycles. The third-order valence-electron chi connectivity index (χ3n) is 4.13. The minimum Gasteiger partial charge on any atom is -0.508 e. The summed E-state index contributed by atoms with van der Waals surface area (Å²) in [6, 6.07) is 9.47. The van der Waals surface area contributed by atoms with E-state index in [4.69, 9.17) is 4.74 Å². The van der Waals surface area contributed by atoms with Gasteiger partial charge in [0.25, 0.3) is 0 Å². The van der Waals surface area contributed by atoms with Crippen LogP contribution in [0.3, 0.4) is 0 Å². The van der Waals surface area contributed by atoms with E-state index in [1.54, 1.807) is 26.0 Å². The Labute approximate surface area is 124 Å². The standard InChI is InChI=1S/C18H20O3/c1-11-13(5-7-17-14(11)8-9-21-17)12-4-6-15(16(19)10-12)18(2,3)20/h4-7,10,19-20H,8-9H2,1-3H3. The van der Waals surface area contributed by atoms with Crippen LogP contribution in [0.2, 0.25) is 0 Å². The molecule has 0 aliphatic carbocycles. The largest absolute Gasteiger partial charge is 0.508 e. The fourth-order valence-corrected chi connectivity index (χ4v) is 2.97. The molecule has 3 nitrogen and oxygen atoms in total. The summed E-state index contributed by atoms with van der Waals surface area (Å²) in [7, 11) is 0. The van der Waals surface area contributed by atoms with Crippen LogP contribution in [0.1, 0.15) is 30.5 Å². The summed E-state index contributed by atoms with van der Waals surface area (Å²) in [5.41, 5.74) is 3.97. The van der Waals surface area contributed by atoms with Crippen molar-refractivity contribution in [2.24, 2.45) is 0 Å². The molecule has 0 amide bonds. The maximum absolute atomic E-state index is 10.2. The number of phenolic OH excluding ortho intramolecular Hbond substituents is 1. The second-order valence-electron chi connectivity index (χ2n) is 6.10. The molecule has 2 aromatic rings. The third kappa shape index (κ3) is 2.38. The average molecular weight is 284 g/mol. The van der Waals surface area contributed by atoms with Crippen LogP contribution < -0.4 is 4.74 Å². The van der Waals surface area contributed by atoms with Crippen LogP contribution in [0.15, 0.2) is 30.3 Å². The summed E-state index contributed by atoms with van der Waals surface area (Å²) in [6.07, 6.45) is 0.933. The van der Waals surface area contributed by atoms with E-state index in [0.29, 0.717) is 5.56 Å². The molecule has 1 heterocycles. The van der Waals surface area contributed by atoms with Gasteiger partial charge in [-0.1, -0.05) is 18.2 Å². The van der Waals surface area contributed by atoms with Crippen LogP contribution in [0.4, 0.5) is 0 Å². The molecule has 0 unspecified atom stereocenters. The molecule has 0 bridgehead atoms. The first-order chi connectivity index (χ1) is 9.88. The molecular formula is C18H20O3. The van der Waals surface area contributed by atoms with Crippen molar-refractivity contribution in [3.8, 4) is 22.6 Å². The number of aromatic hydroxyl groups is 1. The van der Waals surface area contributed by atoms with Gasteiger partial charge in [-0.2, -0.15) is 0 Å². The Kier molecular flexibility index (Phi) is 3.18. The van der Waals surface area contributed by atoms with Crippen molar-refractivity contribution in [2.75, 3.05) is 6.61 Å². The number of fused-ring (bicyclic) bond motifs is 1. The van der Waals surface area contributed by atoms with Crippen molar-refractivity contribution in [1.82, 2.24) is 0 Å². The quantitative estimate of drug-likeness (QED) is 0.887. The Hall–Kier alpha value is -2.00. The molecule has 1 aliphatic rings. The molecular weight excluding hydrogens is 264 g/mol. The van der Waals surface area contributed by atoms with Gasteiger partial charge >= 0.3 is 0 Å². The van der Waals surface area contributed by atoms with E-state index in [9.17, 15) is 10.2 Å². The van der Waals surface area contributed by atoms with Gasteiger partial charge in [-0.15, -0.1) is 0 Å². The average Bonchev–Trinajstić information content (AvgIpc) is 2.86. The van der Waals surface area contributed by atoms with Crippen molar-refractivity contribution in [3.63, 3.8) is 0 Å². The van der Waals surface area contributed by atoms with Crippen molar-refractivity contribution >= 4 is 0 Å². The molecule has 0 fully saturated rings. The normalized spacial score (nSPS) is 13.9.